The molecule has 0 saturated carbocycles. The van der Waals surface area contributed by atoms with Gasteiger partial charge in [0.25, 0.3) is 5.91 Å². The summed E-state index contributed by atoms with van der Waals surface area (Å²) in [6.07, 6.45) is 1.45. The van der Waals surface area contributed by atoms with Gasteiger partial charge in [0.2, 0.25) is 5.91 Å². The number of halogens is 2. The zero-order valence-corrected chi connectivity index (χ0v) is 15.5. The van der Waals surface area contributed by atoms with E-state index in [1.54, 1.807) is 37.4 Å². The molecule has 3 rings (SSSR count). The molecule has 134 valence electrons. The lowest BCUT2D eigenvalue weighted by molar-refractivity contribution is -0.143. The van der Waals surface area contributed by atoms with Gasteiger partial charge in [-0.25, -0.2) is 0 Å². The van der Waals surface area contributed by atoms with Crippen molar-refractivity contribution in [3.8, 4) is 5.75 Å². The quantitative estimate of drug-likeness (QED) is 0.774. The van der Waals surface area contributed by atoms with E-state index in [0.717, 1.165) is 5.56 Å². The molecule has 1 N–H and O–H groups in total. The summed E-state index contributed by atoms with van der Waals surface area (Å²) < 4.78 is 5.10. The van der Waals surface area contributed by atoms with Gasteiger partial charge in [0.1, 0.15) is 5.75 Å². The van der Waals surface area contributed by atoms with Crippen LogP contribution in [0.5, 0.6) is 5.75 Å². The minimum absolute atomic E-state index is 0.0590. The standard InChI is InChI=1S/C19H16Cl2N2O3/c1-26-14-7-5-12(6-8-14)11-23-17(24)9-13(10-18(23)25)22-19-15(20)3-2-4-16(19)21/h2-9,22H,10-11H2,1H3. The Bertz CT molecular complexity index is 859. The molecule has 26 heavy (non-hydrogen) atoms. The van der Waals surface area contributed by atoms with Crippen LogP contribution in [0.4, 0.5) is 5.69 Å². The highest BCUT2D eigenvalue weighted by atomic mass is 35.5. The molecule has 0 unspecified atom stereocenters. The number of amides is 2. The molecule has 0 atom stereocenters. The van der Waals surface area contributed by atoms with E-state index < -0.39 is 0 Å². The number of carbonyl (C=O) groups is 2. The number of hydrogen-bond acceptors (Lipinski definition) is 4. The van der Waals surface area contributed by atoms with Crippen molar-refractivity contribution in [1.29, 1.82) is 0 Å². The van der Waals surface area contributed by atoms with Crippen LogP contribution in [-0.2, 0) is 16.1 Å². The largest absolute Gasteiger partial charge is 0.497 e. The number of nitrogens with one attached hydrogen (secondary N) is 1. The van der Waals surface area contributed by atoms with E-state index in [-0.39, 0.29) is 24.8 Å². The number of anilines is 1. The van der Waals surface area contributed by atoms with Crippen molar-refractivity contribution in [3.63, 3.8) is 0 Å². The number of hydrogen-bond donors (Lipinski definition) is 1. The Kier molecular flexibility index (Phi) is 5.49. The first kappa shape index (κ1) is 18.3. The molecule has 0 aromatic heterocycles. The minimum Gasteiger partial charge on any atom is -0.497 e. The van der Waals surface area contributed by atoms with Crippen LogP contribution in [0.3, 0.4) is 0 Å². The first-order valence-corrected chi connectivity index (χ1v) is 8.62. The number of para-hydroxylation sites is 1. The van der Waals surface area contributed by atoms with Crippen LogP contribution in [0.2, 0.25) is 10.0 Å². The van der Waals surface area contributed by atoms with Crippen LogP contribution >= 0.6 is 23.2 Å². The Hall–Kier alpha value is -2.50. The molecule has 0 bridgehead atoms. The fourth-order valence-electron chi connectivity index (χ4n) is 2.60. The molecule has 2 aromatic rings. The number of nitrogens with zero attached hydrogens (tertiary/aromatic N) is 1. The number of ether oxygens (including phenoxy) is 1. The van der Waals surface area contributed by atoms with Gasteiger partial charge in [-0.1, -0.05) is 41.4 Å². The van der Waals surface area contributed by atoms with Crippen molar-refractivity contribution in [1.82, 2.24) is 4.90 Å². The van der Waals surface area contributed by atoms with Crippen molar-refractivity contribution >= 4 is 40.7 Å². The maximum Gasteiger partial charge on any atom is 0.255 e. The van der Waals surface area contributed by atoms with Crippen molar-refractivity contribution in [3.05, 3.63) is 69.8 Å². The fourth-order valence-corrected chi connectivity index (χ4v) is 3.09. The van der Waals surface area contributed by atoms with Gasteiger partial charge < -0.3 is 10.1 Å². The number of methoxy groups -OCH3 is 1. The Morgan fingerprint density at radius 2 is 1.73 bits per heavy atom. The Morgan fingerprint density at radius 1 is 1.08 bits per heavy atom. The number of benzene rings is 2. The average Bonchev–Trinajstić information content (AvgIpc) is 2.62. The van der Waals surface area contributed by atoms with E-state index in [1.165, 1.54) is 11.0 Å². The third-order valence-corrected chi connectivity index (χ3v) is 4.58. The molecule has 1 heterocycles. The van der Waals surface area contributed by atoms with Gasteiger partial charge in [-0.15, -0.1) is 0 Å². The van der Waals surface area contributed by atoms with Crippen LogP contribution in [0.25, 0.3) is 0 Å². The zero-order valence-electron chi connectivity index (χ0n) is 14.0. The number of rotatable bonds is 5. The maximum absolute atomic E-state index is 12.4. The predicted molar refractivity (Wildman–Crippen MR) is 101 cm³/mol. The van der Waals surface area contributed by atoms with Crippen LogP contribution in [0.1, 0.15) is 12.0 Å². The lowest BCUT2D eigenvalue weighted by Gasteiger charge is -2.25. The fraction of sp³-hybridized carbons (Fsp3) is 0.158. The summed E-state index contributed by atoms with van der Waals surface area (Å²) in [7, 11) is 1.58. The van der Waals surface area contributed by atoms with E-state index in [0.29, 0.717) is 27.2 Å². The van der Waals surface area contributed by atoms with E-state index in [4.69, 9.17) is 27.9 Å². The zero-order chi connectivity index (χ0) is 18.7. The summed E-state index contributed by atoms with van der Waals surface area (Å²) in [4.78, 5) is 26.0. The minimum atomic E-state index is -0.386. The first-order chi connectivity index (χ1) is 12.5. The molecule has 0 aliphatic carbocycles. The monoisotopic (exact) mass is 390 g/mol. The molecule has 7 heteroatoms. The second kappa shape index (κ2) is 7.81. The molecule has 0 radical (unpaired) electrons. The summed E-state index contributed by atoms with van der Waals surface area (Å²) in [6, 6.07) is 12.3. The van der Waals surface area contributed by atoms with Crippen molar-refractivity contribution < 1.29 is 14.3 Å². The second-order valence-corrected chi connectivity index (χ2v) is 6.55. The van der Waals surface area contributed by atoms with Crippen LogP contribution in [-0.4, -0.2) is 23.8 Å². The Labute approximate surface area is 161 Å². The average molecular weight is 391 g/mol. The summed E-state index contributed by atoms with van der Waals surface area (Å²) in [5.74, 6) is 0.0368. The molecule has 0 fully saturated rings. The van der Waals surface area contributed by atoms with Crippen LogP contribution in [0.15, 0.2) is 54.2 Å². The second-order valence-electron chi connectivity index (χ2n) is 5.73. The number of imide groups is 1. The van der Waals surface area contributed by atoms with Gasteiger partial charge in [-0.3, -0.25) is 14.5 Å². The summed E-state index contributed by atoms with van der Waals surface area (Å²) in [5, 5.41) is 3.82. The summed E-state index contributed by atoms with van der Waals surface area (Å²) in [6.45, 7) is 0.207. The molecular weight excluding hydrogens is 375 g/mol. The molecule has 2 amide bonds. The topological polar surface area (TPSA) is 58.6 Å². The third kappa shape index (κ3) is 4.00. The van der Waals surface area contributed by atoms with E-state index >= 15 is 0 Å². The van der Waals surface area contributed by atoms with E-state index in [9.17, 15) is 9.59 Å². The molecular formula is C19H16Cl2N2O3. The summed E-state index contributed by atoms with van der Waals surface area (Å²) >= 11 is 12.2. The lowest BCUT2D eigenvalue weighted by Crippen LogP contribution is -2.39. The maximum atomic E-state index is 12.4. The normalized spacial score (nSPS) is 14.3. The Morgan fingerprint density at radius 3 is 2.31 bits per heavy atom. The van der Waals surface area contributed by atoms with Crippen molar-refractivity contribution in [2.75, 3.05) is 12.4 Å². The SMILES string of the molecule is COc1ccc(CN2C(=O)C=C(Nc3c(Cl)cccc3Cl)CC2=O)cc1. The predicted octanol–water partition coefficient (Wildman–Crippen LogP) is 4.26. The first-order valence-electron chi connectivity index (χ1n) is 7.87. The third-order valence-electron chi connectivity index (χ3n) is 3.95. The van der Waals surface area contributed by atoms with Crippen molar-refractivity contribution in [2.24, 2.45) is 0 Å². The smallest absolute Gasteiger partial charge is 0.255 e. The molecule has 1 aliphatic heterocycles. The van der Waals surface area contributed by atoms with Gasteiger partial charge in [-0.2, -0.15) is 0 Å². The number of carbonyl (C=O) groups excluding carboxylic acids is 2. The van der Waals surface area contributed by atoms with Gasteiger partial charge in [0.05, 0.1) is 35.8 Å². The van der Waals surface area contributed by atoms with Gasteiger partial charge in [-0.05, 0) is 29.8 Å². The van der Waals surface area contributed by atoms with Crippen LogP contribution < -0.4 is 10.1 Å². The van der Waals surface area contributed by atoms with Gasteiger partial charge in [0, 0.05) is 11.8 Å². The summed E-state index contributed by atoms with van der Waals surface area (Å²) in [5.41, 5.74) is 1.78. The highest BCUT2D eigenvalue weighted by molar-refractivity contribution is 6.39. The van der Waals surface area contributed by atoms with E-state index in [2.05, 4.69) is 5.32 Å². The molecule has 0 saturated heterocycles. The molecule has 1 aliphatic rings. The lowest BCUT2D eigenvalue weighted by atomic mass is 10.1. The molecule has 5 nitrogen and oxygen atoms in total. The van der Waals surface area contributed by atoms with E-state index in [1.807, 2.05) is 12.1 Å². The van der Waals surface area contributed by atoms with Gasteiger partial charge in [0.15, 0.2) is 0 Å². The molecule has 0 spiro atoms. The van der Waals surface area contributed by atoms with Crippen LogP contribution in [0, 0.1) is 0 Å². The molecule has 2 aromatic carbocycles. The highest BCUT2D eigenvalue weighted by Crippen LogP contribution is 2.32. The Balaban J connectivity index is 1.75. The van der Waals surface area contributed by atoms with Crippen molar-refractivity contribution in [2.45, 2.75) is 13.0 Å². The highest BCUT2D eigenvalue weighted by Gasteiger charge is 2.27. The van der Waals surface area contributed by atoms with Gasteiger partial charge >= 0.3 is 0 Å².